The number of rotatable bonds is 7. The number of carbonyl (C=O) groups is 1. The number of nitrogens with zero attached hydrogens (tertiary/aromatic N) is 1. The van der Waals surface area contributed by atoms with Crippen LogP contribution < -0.4 is 10.6 Å². The van der Waals surface area contributed by atoms with E-state index in [2.05, 4.69) is 10.6 Å². The number of amides is 1. The average molecular weight is 380 g/mol. The highest BCUT2D eigenvalue weighted by atomic mass is 32.2. The van der Waals surface area contributed by atoms with Crippen molar-refractivity contribution < 1.29 is 13.2 Å². The first-order chi connectivity index (χ1) is 12.5. The third kappa shape index (κ3) is 5.05. The second-order valence-electron chi connectivity index (χ2n) is 7.42. The molecule has 2 N–H and O–H groups in total. The second kappa shape index (κ2) is 8.50. The highest BCUT2D eigenvalue weighted by molar-refractivity contribution is 7.89. The molecular weight excluding hydrogens is 350 g/mol. The van der Waals surface area contributed by atoms with Gasteiger partial charge in [-0.3, -0.25) is 4.79 Å². The van der Waals surface area contributed by atoms with E-state index in [9.17, 15) is 13.2 Å². The largest absolute Gasteiger partial charge is 0.325 e. The summed E-state index contributed by atoms with van der Waals surface area (Å²) in [5.74, 6) is 0.570. The Kier molecular flexibility index (Phi) is 6.32. The standard InChI is InChI=1S/C19H29N3O3S/c1-15-6-9-17(21-19(23)14-20-13-16-7-8-16)12-18(15)26(24,25)22-10-4-2-3-5-11-22/h6,9,12,16,20H,2-5,7-8,10-11,13-14H2,1H3,(H,21,23). The van der Waals surface area contributed by atoms with E-state index >= 15 is 0 Å². The maximum Gasteiger partial charge on any atom is 0.243 e. The molecule has 0 aromatic heterocycles. The van der Waals surface area contributed by atoms with Crippen molar-refractivity contribution in [2.45, 2.75) is 50.3 Å². The molecule has 1 aromatic carbocycles. The van der Waals surface area contributed by atoms with Gasteiger partial charge in [-0.1, -0.05) is 18.9 Å². The lowest BCUT2D eigenvalue weighted by atomic mass is 10.2. The first kappa shape index (κ1) is 19.3. The minimum absolute atomic E-state index is 0.146. The number of carbonyl (C=O) groups excluding carboxylic acids is 1. The molecule has 1 amide bonds. The molecular formula is C19H29N3O3S. The van der Waals surface area contributed by atoms with E-state index in [1.54, 1.807) is 29.4 Å². The van der Waals surface area contributed by atoms with E-state index < -0.39 is 10.0 Å². The molecule has 2 aliphatic rings. The summed E-state index contributed by atoms with van der Waals surface area (Å²) in [6.45, 7) is 4.06. The van der Waals surface area contributed by atoms with E-state index in [0.29, 0.717) is 35.2 Å². The zero-order chi connectivity index (χ0) is 18.6. The molecule has 0 radical (unpaired) electrons. The zero-order valence-electron chi connectivity index (χ0n) is 15.5. The molecule has 0 spiro atoms. The van der Waals surface area contributed by atoms with Gasteiger partial charge >= 0.3 is 0 Å². The van der Waals surface area contributed by atoms with E-state index in [1.807, 2.05) is 0 Å². The molecule has 0 atom stereocenters. The Hall–Kier alpha value is -1.44. The van der Waals surface area contributed by atoms with Gasteiger partial charge in [0.25, 0.3) is 0 Å². The predicted octanol–water partition coefficient (Wildman–Crippen LogP) is 2.50. The quantitative estimate of drug-likeness (QED) is 0.763. The van der Waals surface area contributed by atoms with Crippen LogP contribution in [-0.2, 0) is 14.8 Å². The number of hydrogen-bond acceptors (Lipinski definition) is 4. The van der Waals surface area contributed by atoms with Gasteiger partial charge in [0.05, 0.1) is 11.4 Å². The van der Waals surface area contributed by atoms with Gasteiger partial charge in [0.1, 0.15) is 0 Å². The first-order valence-electron chi connectivity index (χ1n) is 9.58. The summed E-state index contributed by atoms with van der Waals surface area (Å²) in [5, 5.41) is 5.95. The van der Waals surface area contributed by atoms with Crippen molar-refractivity contribution in [3.05, 3.63) is 23.8 Å². The molecule has 1 aliphatic heterocycles. The molecule has 1 saturated carbocycles. The van der Waals surface area contributed by atoms with Gasteiger partial charge in [-0.2, -0.15) is 4.31 Å². The van der Waals surface area contributed by atoms with E-state index in [4.69, 9.17) is 0 Å². The molecule has 0 unspecified atom stereocenters. The van der Waals surface area contributed by atoms with Crippen LogP contribution in [-0.4, -0.2) is 44.8 Å². The number of sulfonamides is 1. The van der Waals surface area contributed by atoms with Crippen molar-refractivity contribution in [3.8, 4) is 0 Å². The minimum atomic E-state index is -3.53. The lowest BCUT2D eigenvalue weighted by Gasteiger charge is -2.21. The molecule has 2 fully saturated rings. The fraction of sp³-hybridized carbons (Fsp3) is 0.632. The van der Waals surface area contributed by atoms with Gasteiger partial charge in [0.15, 0.2) is 0 Å². The molecule has 6 nitrogen and oxygen atoms in total. The van der Waals surface area contributed by atoms with Crippen molar-refractivity contribution in [2.75, 3.05) is 31.5 Å². The van der Waals surface area contributed by atoms with E-state index in [-0.39, 0.29) is 12.5 Å². The molecule has 7 heteroatoms. The van der Waals surface area contributed by atoms with E-state index in [1.165, 1.54) is 12.8 Å². The Morgan fingerprint density at radius 2 is 1.85 bits per heavy atom. The van der Waals surface area contributed by atoms with Gasteiger partial charge in [0, 0.05) is 18.8 Å². The Labute approximate surface area is 156 Å². The van der Waals surface area contributed by atoms with Gasteiger partial charge in [0.2, 0.25) is 15.9 Å². The first-order valence-corrected chi connectivity index (χ1v) is 11.0. The summed E-state index contributed by atoms with van der Waals surface area (Å²) in [6.07, 6.45) is 6.45. The van der Waals surface area contributed by atoms with Crippen molar-refractivity contribution in [1.82, 2.24) is 9.62 Å². The molecule has 1 aliphatic carbocycles. The lowest BCUT2D eigenvalue weighted by molar-refractivity contribution is -0.115. The van der Waals surface area contributed by atoms with Crippen LogP contribution in [0.3, 0.4) is 0 Å². The number of hydrogen-bond donors (Lipinski definition) is 2. The van der Waals surface area contributed by atoms with Crippen molar-refractivity contribution >= 4 is 21.6 Å². The fourth-order valence-electron chi connectivity index (χ4n) is 3.29. The van der Waals surface area contributed by atoms with Gasteiger partial charge in [-0.25, -0.2) is 8.42 Å². The third-order valence-corrected chi connectivity index (χ3v) is 7.11. The Morgan fingerprint density at radius 3 is 2.50 bits per heavy atom. The number of benzene rings is 1. The number of nitrogens with one attached hydrogen (secondary N) is 2. The molecule has 1 aromatic rings. The SMILES string of the molecule is Cc1ccc(NC(=O)CNCC2CC2)cc1S(=O)(=O)N1CCCCCC1. The predicted molar refractivity (Wildman–Crippen MR) is 103 cm³/mol. The lowest BCUT2D eigenvalue weighted by Crippen LogP contribution is -2.32. The third-order valence-electron chi connectivity index (χ3n) is 5.07. The topological polar surface area (TPSA) is 78.5 Å². The van der Waals surface area contributed by atoms with Crippen LogP contribution in [0.1, 0.15) is 44.1 Å². The van der Waals surface area contributed by atoms with Crippen molar-refractivity contribution in [3.63, 3.8) is 0 Å². The Balaban J connectivity index is 1.68. The summed E-state index contributed by atoms with van der Waals surface area (Å²) in [5.41, 5.74) is 1.24. The van der Waals surface area contributed by atoms with Gasteiger partial charge in [-0.15, -0.1) is 0 Å². The number of anilines is 1. The van der Waals surface area contributed by atoms with Crippen LogP contribution in [0.2, 0.25) is 0 Å². The number of aryl methyl sites for hydroxylation is 1. The Bertz CT molecular complexity index is 736. The summed E-state index contributed by atoms with van der Waals surface area (Å²) in [4.78, 5) is 12.4. The summed E-state index contributed by atoms with van der Waals surface area (Å²) < 4.78 is 27.7. The average Bonchev–Trinajstić information content (AvgIpc) is 3.42. The van der Waals surface area contributed by atoms with Crippen LogP contribution in [0.15, 0.2) is 23.1 Å². The van der Waals surface area contributed by atoms with Gasteiger partial charge in [-0.05, 0) is 62.8 Å². The maximum absolute atomic E-state index is 13.1. The monoisotopic (exact) mass is 379 g/mol. The normalized spacial score (nSPS) is 19.1. The van der Waals surface area contributed by atoms with Crippen LogP contribution in [0.5, 0.6) is 0 Å². The summed E-state index contributed by atoms with van der Waals surface area (Å²) >= 11 is 0. The molecule has 3 rings (SSSR count). The smallest absolute Gasteiger partial charge is 0.243 e. The van der Waals surface area contributed by atoms with Crippen LogP contribution in [0, 0.1) is 12.8 Å². The van der Waals surface area contributed by atoms with Crippen molar-refractivity contribution in [2.24, 2.45) is 5.92 Å². The van der Waals surface area contributed by atoms with Crippen LogP contribution >= 0.6 is 0 Å². The molecule has 144 valence electrons. The van der Waals surface area contributed by atoms with Crippen LogP contribution in [0.25, 0.3) is 0 Å². The van der Waals surface area contributed by atoms with E-state index in [0.717, 1.165) is 32.2 Å². The Morgan fingerprint density at radius 1 is 1.15 bits per heavy atom. The molecule has 1 saturated heterocycles. The highest BCUT2D eigenvalue weighted by Crippen LogP contribution is 2.27. The highest BCUT2D eigenvalue weighted by Gasteiger charge is 2.27. The van der Waals surface area contributed by atoms with Crippen LogP contribution in [0.4, 0.5) is 5.69 Å². The second-order valence-corrected chi connectivity index (χ2v) is 9.33. The minimum Gasteiger partial charge on any atom is -0.325 e. The fourth-order valence-corrected chi connectivity index (χ4v) is 5.06. The molecule has 0 bridgehead atoms. The maximum atomic E-state index is 13.1. The van der Waals surface area contributed by atoms with Crippen molar-refractivity contribution in [1.29, 1.82) is 0 Å². The summed E-state index contributed by atoms with van der Waals surface area (Å²) in [6, 6.07) is 5.11. The molecule has 26 heavy (non-hydrogen) atoms. The molecule has 1 heterocycles. The van der Waals surface area contributed by atoms with Gasteiger partial charge < -0.3 is 10.6 Å². The summed E-state index contributed by atoms with van der Waals surface area (Å²) in [7, 11) is -3.53. The zero-order valence-corrected chi connectivity index (χ0v) is 16.3.